The molecule has 1 fully saturated rings. The van der Waals surface area contributed by atoms with Crippen LogP contribution >= 0.6 is 0 Å². The van der Waals surface area contributed by atoms with Crippen molar-refractivity contribution in [2.24, 2.45) is 0 Å². The van der Waals surface area contributed by atoms with Crippen LogP contribution in [-0.2, 0) is 38.1 Å². The number of hydrogen-bond acceptors (Lipinski definition) is 9. The number of nitriles is 1. The fourth-order valence-electron chi connectivity index (χ4n) is 2.44. The highest BCUT2D eigenvalue weighted by Gasteiger charge is 2.50. The maximum absolute atomic E-state index is 11.5. The zero-order valence-corrected chi connectivity index (χ0v) is 14.3. The van der Waals surface area contributed by atoms with E-state index in [1.54, 1.807) is 0 Å². The average molecular weight is 356 g/mol. The van der Waals surface area contributed by atoms with Gasteiger partial charge in [-0.05, 0) is 0 Å². The van der Waals surface area contributed by atoms with E-state index >= 15 is 0 Å². The molecule has 10 nitrogen and oxygen atoms in total. The number of nitrogens with one attached hydrogen (secondary N) is 1. The van der Waals surface area contributed by atoms with Crippen LogP contribution in [0.15, 0.2) is 0 Å². The van der Waals surface area contributed by atoms with E-state index in [4.69, 9.17) is 18.9 Å². The van der Waals surface area contributed by atoms with Gasteiger partial charge in [0.15, 0.2) is 18.3 Å². The van der Waals surface area contributed by atoms with Crippen molar-refractivity contribution in [1.29, 1.82) is 5.26 Å². The Balaban J connectivity index is 3.21. The fourth-order valence-corrected chi connectivity index (χ4v) is 2.44. The molecule has 1 aliphatic rings. The van der Waals surface area contributed by atoms with Crippen LogP contribution in [0, 0.1) is 11.3 Å². The van der Waals surface area contributed by atoms with Crippen molar-refractivity contribution in [3.8, 4) is 6.07 Å². The molecule has 0 radical (unpaired) electrons. The van der Waals surface area contributed by atoms with E-state index in [1.165, 1.54) is 13.8 Å². The van der Waals surface area contributed by atoms with Gasteiger partial charge in [-0.15, -0.1) is 0 Å². The summed E-state index contributed by atoms with van der Waals surface area (Å²) in [6.07, 6.45) is -4.63. The number of hydrogen-bond donors (Lipinski definition) is 1. The highest BCUT2D eigenvalue weighted by Crippen LogP contribution is 2.27. The number of ether oxygens (including phenoxy) is 4. The largest absolute Gasteiger partial charge is 0.463 e. The summed E-state index contributed by atoms with van der Waals surface area (Å²) in [4.78, 5) is 45.4. The van der Waals surface area contributed by atoms with Crippen LogP contribution in [0.5, 0.6) is 0 Å². The van der Waals surface area contributed by atoms with Gasteiger partial charge in [-0.3, -0.25) is 19.2 Å². The van der Waals surface area contributed by atoms with Crippen molar-refractivity contribution in [2.45, 2.75) is 58.2 Å². The molecule has 10 heteroatoms. The molecule has 0 aromatic carbocycles. The fraction of sp³-hybridized carbons (Fsp3) is 0.667. The summed E-state index contributed by atoms with van der Waals surface area (Å²) in [7, 11) is 0. The first-order chi connectivity index (χ1) is 11.6. The first kappa shape index (κ1) is 20.4. The lowest BCUT2D eigenvalue weighted by atomic mass is 9.92. The maximum Gasteiger partial charge on any atom is 0.303 e. The van der Waals surface area contributed by atoms with Gasteiger partial charge in [-0.25, -0.2) is 0 Å². The van der Waals surface area contributed by atoms with Crippen LogP contribution in [0.1, 0.15) is 27.7 Å². The molecule has 0 bridgehead atoms. The Morgan fingerprint density at radius 2 is 1.56 bits per heavy atom. The summed E-state index contributed by atoms with van der Waals surface area (Å²) in [5, 5.41) is 11.8. The van der Waals surface area contributed by atoms with E-state index < -0.39 is 54.3 Å². The molecule has 0 aromatic rings. The topological polar surface area (TPSA) is 141 Å². The van der Waals surface area contributed by atoms with Crippen LogP contribution in [0.4, 0.5) is 0 Å². The monoisotopic (exact) mass is 356 g/mol. The molecule has 0 spiro atoms. The van der Waals surface area contributed by atoms with Gasteiger partial charge in [0.05, 0.1) is 6.07 Å². The Kier molecular flexibility index (Phi) is 7.32. The zero-order chi connectivity index (χ0) is 19.1. The Hall–Kier alpha value is -2.67. The highest BCUT2D eigenvalue weighted by molar-refractivity contribution is 5.74. The molecule has 0 unspecified atom stereocenters. The molecule has 1 N–H and O–H groups in total. The normalized spacial score (nSPS) is 28.2. The van der Waals surface area contributed by atoms with Gasteiger partial charge in [0.25, 0.3) is 0 Å². The van der Waals surface area contributed by atoms with E-state index in [2.05, 4.69) is 5.32 Å². The van der Waals surface area contributed by atoms with E-state index in [0.29, 0.717) is 0 Å². The molecule has 25 heavy (non-hydrogen) atoms. The predicted molar refractivity (Wildman–Crippen MR) is 79.6 cm³/mol. The van der Waals surface area contributed by atoms with Gasteiger partial charge >= 0.3 is 17.9 Å². The first-order valence-corrected chi connectivity index (χ1v) is 7.45. The van der Waals surface area contributed by atoms with Crippen LogP contribution < -0.4 is 5.32 Å². The van der Waals surface area contributed by atoms with E-state index in [0.717, 1.165) is 13.8 Å². The lowest BCUT2D eigenvalue weighted by Crippen LogP contribution is -2.65. The molecule has 1 amide bonds. The molecule has 138 valence electrons. The van der Waals surface area contributed by atoms with Gasteiger partial charge < -0.3 is 24.3 Å². The lowest BCUT2D eigenvalue weighted by molar-refractivity contribution is -0.216. The standard InChI is InChI=1S/C15H20N2O8/c1-7(18)17-13-11(5-16)25-12(6-22-8(2)19)14(23-9(3)20)15(13)24-10(4)21/h11-15H,6H2,1-4H3,(H,17,18)/t11-,12+,13-,14+,15+/m0/s1. The number of nitrogens with zero attached hydrogens (tertiary/aromatic N) is 1. The molecule has 5 atom stereocenters. The van der Waals surface area contributed by atoms with E-state index in [9.17, 15) is 24.4 Å². The second kappa shape index (κ2) is 8.98. The maximum atomic E-state index is 11.5. The van der Waals surface area contributed by atoms with Crippen molar-refractivity contribution in [3.05, 3.63) is 0 Å². The van der Waals surface area contributed by atoms with Gasteiger partial charge in [0.1, 0.15) is 18.8 Å². The molecule has 1 heterocycles. The van der Waals surface area contributed by atoms with Crippen molar-refractivity contribution in [2.75, 3.05) is 6.61 Å². The van der Waals surface area contributed by atoms with Crippen molar-refractivity contribution in [3.63, 3.8) is 0 Å². The van der Waals surface area contributed by atoms with E-state index in [-0.39, 0.29) is 6.61 Å². The molecule has 0 aliphatic carbocycles. The van der Waals surface area contributed by atoms with Gasteiger partial charge in [0, 0.05) is 27.7 Å². The summed E-state index contributed by atoms with van der Waals surface area (Å²) in [6, 6.07) is 0.779. The average Bonchev–Trinajstić information content (AvgIpc) is 2.48. The van der Waals surface area contributed by atoms with Crippen LogP contribution in [0.2, 0.25) is 0 Å². The van der Waals surface area contributed by atoms with Gasteiger partial charge in [-0.2, -0.15) is 5.26 Å². The van der Waals surface area contributed by atoms with Crippen molar-refractivity contribution in [1.82, 2.24) is 5.32 Å². The molecular weight excluding hydrogens is 336 g/mol. The third-order valence-electron chi connectivity index (χ3n) is 3.24. The Bertz CT molecular complexity index is 585. The number of carbonyl (C=O) groups is 4. The molecule has 0 saturated carbocycles. The summed E-state index contributed by atoms with van der Waals surface area (Å²) in [5.74, 6) is -2.50. The molecular formula is C15H20N2O8. The summed E-state index contributed by atoms with van der Waals surface area (Å²) < 4.78 is 20.7. The molecule has 0 aromatic heterocycles. The molecule has 1 saturated heterocycles. The van der Waals surface area contributed by atoms with Gasteiger partial charge in [-0.1, -0.05) is 0 Å². The highest BCUT2D eigenvalue weighted by atomic mass is 16.6. The Labute approximate surface area is 144 Å². The minimum absolute atomic E-state index is 0.323. The quantitative estimate of drug-likeness (QED) is 0.495. The number of esters is 3. The summed E-state index contributed by atoms with van der Waals surface area (Å²) in [6.45, 7) is 4.33. The van der Waals surface area contributed by atoms with Crippen molar-refractivity contribution < 1.29 is 38.1 Å². The Morgan fingerprint density at radius 1 is 1.00 bits per heavy atom. The third kappa shape index (κ3) is 6.04. The lowest BCUT2D eigenvalue weighted by Gasteiger charge is -2.43. The second-order valence-corrected chi connectivity index (χ2v) is 5.40. The van der Waals surface area contributed by atoms with Crippen molar-refractivity contribution >= 4 is 23.8 Å². The minimum Gasteiger partial charge on any atom is -0.463 e. The Morgan fingerprint density at radius 3 is 2.00 bits per heavy atom. The number of carbonyl (C=O) groups excluding carboxylic acids is 4. The molecule has 1 aliphatic heterocycles. The summed E-state index contributed by atoms with van der Waals surface area (Å²) in [5.41, 5.74) is 0. The number of rotatable bonds is 5. The smallest absolute Gasteiger partial charge is 0.303 e. The summed E-state index contributed by atoms with van der Waals surface area (Å²) >= 11 is 0. The minimum atomic E-state index is -1.21. The predicted octanol–water partition coefficient (Wildman–Crippen LogP) is -0.791. The van der Waals surface area contributed by atoms with E-state index in [1.807, 2.05) is 6.07 Å². The SMILES string of the molecule is CC(=O)N[C@@H]1[C@@H](OC(C)=O)[C@H](OC(C)=O)[C@@H](COC(C)=O)O[C@H]1C#N. The molecule has 1 rings (SSSR count). The second-order valence-electron chi connectivity index (χ2n) is 5.40. The van der Waals surface area contributed by atoms with Gasteiger partial charge in [0.2, 0.25) is 5.91 Å². The van der Waals surface area contributed by atoms with Crippen LogP contribution in [0.3, 0.4) is 0 Å². The zero-order valence-electron chi connectivity index (χ0n) is 14.3. The van der Waals surface area contributed by atoms with Crippen LogP contribution in [0.25, 0.3) is 0 Å². The van der Waals surface area contributed by atoms with Crippen LogP contribution in [-0.4, -0.2) is 60.9 Å². The third-order valence-corrected chi connectivity index (χ3v) is 3.24. The first-order valence-electron chi connectivity index (χ1n) is 7.45. The number of amides is 1.